The quantitative estimate of drug-likeness (QED) is 0.749. The smallest absolute Gasteiger partial charge is 0.0498 e. The summed E-state index contributed by atoms with van der Waals surface area (Å²) in [6.07, 6.45) is 2.82. The Bertz CT molecular complexity index is 325. The summed E-state index contributed by atoms with van der Waals surface area (Å²) in [5.74, 6) is 0. The average molecular weight is 210 g/mol. The molecule has 0 radical (unpaired) electrons. The van der Waals surface area contributed by atoms with Crippen molar-refractivity contribution in [3.05, 3.63) is 29.8 Å². The van der Waals surface area contributed by atoms with Gasteiger partial charge in [0.2, 0.25) is 0 Å². The van der Waals surface area contributed by atoms with E-state index >= 15 is 0 Å². The van der Waals surface area contributed by atoms with Crippen LogP contribution in [0.15, 0.2) is 29.2 Å². The summed E-state index contributed by atoms with van der Waals surface area (Å²) in [4.78, 5) is 0.903. The molecule has 2 heteroatoms. The summed E-state index contributed by atoms with van der Waals surface area (Å²) in [7, 11) is -0.866. The lowest BCUT2D eigenvalue weighted by Crippen LogP contribution is -2.15. The van der Waals surface area contributed by atoms with Gasteiger partial charge in [-0.1, -0.05) is 32.9 Å². The minimum atomic E-state index is -0.866. The lowest BCUT2D eigenvalue weighted by molar-refractivity contribution is 0.506. The minimum Gasteiger partial charge on any atom is -0.255 e. The summed E-state index contributed by atoms with van der Waals surface area (Å²) in [6.45, 7) is 6.64. The molecular formula is C12H18OS. The average Bonchev–Trinajstić information content (AvgIpc) is 2.18. The van der Waals surface area contributed by atoms with E-state index in [0.717, 1.165) is 11.3 Å². The predicted octanol–water partition coefficient (Wildman–Crippen LogP) is 3.11. The molecule has 0 aliphatic rings. The second kappa shape index (κ2) is 4.26. The Balaban J connectivity index is 2.99. The molecule has 0 heterocycles. The van der Waals surface area contributed by atoms with E-state index in [0.29, 0.717) is 0 Å². The Hall–Kier alpha value is -0.630. The van der Waals surface area contributed by atoms with Gasteiger partial charge in [0.1, 0.15) is 0 Å². The van der Waals surface area contributed by atoms with E-state index in [9.17, 15) is 4.21 Å². The van der Waals surface area contributed by atoms with Crippen LogP contribution in [-0.4, -0.2) is 10.5 Å². The largest absolute Gasteiger partial charge is 0.255 e. The van der Waals surface area contributed by atoms with Crippen LogP contribution in [-0.2, 0) is 16.2 Å². The minimum absolute atomic E-state index is 0.216. The molecule has 0 fully saturated rings. The maximum absolute atomic E-state index is 11.2. The summed E-state index contributed by atoms with van der Waals surface area (Å²) in [5.41, 5.74) is 1.53. The standard InChI is InChI=1S/C12H18OS/c1-5-12(2,3)10-6-8-11(9-7-10)14(4)13/h6-9H,5H2,1-4H3. The third-order valence-corrected chi connectivity index (χ3v) is 3.79. The van der Waals surface area contributed by atoms with E-state index in [1.54, 1.807) is 6.26 Å². The van der Waals surface area contributed by atoms with Crippen molar-refractivity contribution in [1.29, 1.82) is 0 Å². The van der Waals surface area contributed by atoms with Crippen LogP contribution in [0, 0.1) is 0 Å². The molecule has 0 aromatic heterocycles. The van der Waals surface area contributed by atoms with Crippen molar-refractivity contribution in [3.63, 3.8) is 0 Å². The summed E-state index contributed by atoms with van der Waals surface area (Å²) < 4.78 is 11.2. The van der Waals surface area contributed by atoms with Gasteiger partial charge in [-0.15, -0.1) is 0 Å². The molecule has 1 rings (SSSR count). The van der Waals surface area contributed by atoms with E-state index in [1.807, 2.05) is 12.1 Å². The van der Waals surface area contributed by atoms with Gasteiger partial charge in [-0.05, 0) is 29.5 Å². The number of hydrogen-bond acceptors (Lipinski definition) is 1. The molecule has 0 saturated heterocycles. The highest BCUT2D eigenvalue weighted by Gasteiger charge is 2.17. The first-order chi connectivity index (χ1) is 6.47. The molecule has 78 valence electrons. The number of hydrogen-bond donors (Lipinski definition) is 0. The molecule has 1 unspecified atom stereocenters. The Labute approximate surface area is 89.0 Å². The van der Waals surface area contributed by atoms with Gasteiger partial charge in [0.05, 0.1) is 0 Å². The first kappa shape index (κ1) is 11.4. The third kappa shape index (κ3) is 2.44. The number of benzene rings is 1. The topological polar surface area (TPSA) is 17.1 Å². The summed E-state index contributed by atoms with van der Waals surface area (Å²) in [5, 5.41) is 0. The van der Waals surface area contributed by atoms with E-state index in [1.165, 1.54) is 5.56 Å². The molecule has 0 aliphatic carbocycles. The normalized spacial score (nSPS) is 14.0. The van der Waals surface area contributed by atoms with Gasteiger partial charge in [0.25, 0.3) is 0 Å². The van der Waals surface area contributed by atoms with Crippen molar-refractivity contribution in [2.24, 2.45) is 0 Å². The van der Waals surface area contributed by atoms with Crippen LogP contribution in [0.3, 0.4) is 0 Å². The first-order valence-corrected chi connectivity index (χ1v) is 6.47. The lowest BCUT2D eigenvalue weighted by atomic mass is 9.82. The highest BCUT2D eigenvalue weighted by atomic mass is 32.2. The van der Waals surface area contributed by atoms with Crippen molar-refractivity contribution in [3.8, 4) is 0 Å². The van der Waals surface area contributed by atoms with Gasteiger partial charge in [-0.25, -0.2) is 0 Å². The molecule has 0 bridgehead atoms. The van der Waals surface area contributed by atoms with Crippen LogP contribution in [0.2, 0.25) is 0 Å². The maximum atomic E-state index is 11.2. The Morgan fingerprint density at radius 3 is 2.07 bits per heavy atom. The molecule has 0 amide bonds. The Morgan fingerprint density at radius 2 is 1.71 bits per heavy atom. The molecule has 1 atom stereocenters. The summed E-state index contributed by atoms with van der Waals surface area (Å²) in [6, 6.07) is 8.09. The molecule has 1 aromatic rings. The molecule has 0 spiro atoms. The third-order valence-electron chi connectivity index (χ3n) is 2.85. The molecule has 1 aromatic carbocycles. The van der Waals surface area contributed by atoms with Crippen molar-refractivity contribution in [2.45, 2.75) is 37.5 Å². The number of rotatable bonds is 3. The van der Waals surface area contributed by atoms with Gasteiger partial charge in [0.15, 0.2) is 0 Å². The lowest BCUT2D eigenvalue weighted by Gasteiger charge is -2.23. The van der Waals surface area contributed by atoms with Gasteiger partial charge in [0, 0.05) is 22.0 Å². The van der Waals surface area contributed by atoms with Crippen molar-refractivity contribution < 1.29 is 4.21 Å². The molecule has 14 heavy (non-hydrogen) atoms. The van der Waals surface area contributed by atoms with Crippen LogP contribution < -0.4 is 0 Å². The highest BCUT2D eigenvalue weighted by molar-refractivity contribution is 7.84. The van der Waals surface area contributed by atoms with Crippen molar-refractivity contribution in [1.82, 2.24) is 0 Å². The van der Waals surface area contributed by atoms with E-state index in [2.05, 4.69) is 32.9 Å². The fourth-order valence-corrected chi connectivity index (χ4v) is 1.82. The Kier molecular flexibility index (Phi) is 3.48. The first-order valence-electron chi connectivity index (χ1n) is 4.91. The molecule has 0 N–H and O–H groups in total. The monoisotopic (exact) mass is 210 g/mol. The predicted molar refractivity (Wildman–Crippen MR) is 62.1 cm³/mol. The van der Waals surface area contributed by atoms with Crippen LogP contribution in [0.25, 0.3) is 0 Å². The van der Waals surface area contributed by atoms with Crippen molar-refractivity contribution in [2.75, 3.05) is 6.26 Å². The molecule has 1 nitrogen and oxygen atoms in total. The van der Waals surface area contributed by atoms with Crippen LogP contribution in [0.5, 0.6) is 0 Å². The fourth-order valence-electron chi connectivity index (χ4n) is 1.30. The Morgan fingerprint density at radius 1 is 1.21 bits per heavy atom. The maximum Gasteiger partial charge on any atom is 0.0498 e. The van der Waals surface area contributed by atoms with Gasteiger partial charge in [-0.2, -0.15) is 0 Å². The second-order valence-corrected chi connectivity index (χ2v) is 5.60. The van der Waals surface area contributed by atoms with Gasteiger partial charge >= 0.3 is 0 Å². The SMILES string of the molecule is CCC(C)(C)c1ccc(S(C)=O)cc1. The molecular weight excluding hydrogens is 192 g/mol. The zero-order chi connectivity index (χ0) is 10.8. The zero-order valence-electron chi connectivity index (χ0n) is 9.33. The van der Waals surface area contributed by atoms with E-state index in [-0.39, 0.29) is 5.41 Å². The zero-order valence-corrected chi connectivity index (χ0v) is 10.1. The second-order valence-electron chi connectivity index (χ2n) is 4.22. The molecule has 0 saturated carbocycles. The van der Waals surface area contributed by atoms with E-state index in [4.69, 9.17) is 0 Å². The fraction of sp³-hybridized carbons (Fsp3) is 0.500. The van der Waals surface area contributed by atoms with Gasteiger partial charge < -0.3 is 0 Å². The summed E-state index contributed by atoms with van der Waals surface area (Å²) >= 11 is 0. The van der Waals surface area contributed by atoms with Crippen molar-refractivity contribution >= 4 is 10.8 Å². The van der Waals surface area contributed by atoms with Gasteiger partial charge in [-0.3, -0.25) is 4.21 Å². The van der Waals surface area contributed by atoms with Crippen LogP contribution in [0.4, 0.5) is 0 Å². The molecule has 0 aliphatic heterocycles. The van der Waals surface area contributed by atoms with E-state index < -0.39 is 10.8 Å². The highest BCUT2D eigenvalue weighted by Crippen LogP contribution is 2.26. The van der Waals surface area contributed by atoms with Crippen LogP contribution >= 0.6 is 0 Å². The van der Waals surface area contributed by atoms with Crippen LogP contribution in [0.1, 0.15) is 32.8 Å².